The highest BCUT2D eigenvalue weighted by Gasteiger charge is 2.51. The van der Waals surface area contributed by atoms with Gasteiger partial charge in [0.15, 0.2) is 0 Å². The van der Waals surface area contributed by atoms with Gasteiger partial charge in [-0.25, -0.2) is 0 Å². The zero-order chi connectivity index (χ0) is 26.3. The molecule has 40 heavy (non-hydrogen) atoms. The zero-order valence-corrected chi connectivity index (χ0v) is 21.6. The summed E-state index contributed by atoms with van der Waals surface area (Å²) in [6.45, 7) is 0. The van der Waals surface area contributed by atoms with Crippen molar-refractivity contribution >= 4 is 21.7 Å². The van der Waals surface area contributed by atoms with E-state index < -0.39 is 5.41 Å². The smallest absolute Gasteiger partial charge is 0.133 e. The molecule has 6 aromatic carbocycles. The van der Waals surface area contributed by atoms with Gasteiger partial charge in [0.1, 0.15) is 11.5 Å². The van der Waals surface area contributed by atoms with Gasteiger partial charge in [-0.2, -0.15) is 0 Å². The second-order valence-corrected chi connectivity index (χ2v) is 10.7. The summed E-state index contributed by atoms with van der Waals surface area (Å²) in [5, 5.41) is 3.52. The zero-order valence-electron chi connectivity index (χ0n) is 21.6. The summed E-state index contributed by atoms with van der Waals surface area (Å²) >= 11 is 0. The minimum atomic E-state index is -0.439. The van der Waals surface area contributed by atoms with Crippen LogP contribution in [0.2, 0.25) is 0 Å². The van der Waals surface area contributed by atoms with E-state index in [1.54, 1.807) is 0 Å². The fraction of sp³-hybridized carbons (Fsp3) is 0.0263. The van der Waals surface area contributed by atoms with Crippen LogP contribution < -0.4 is 4.74 Å². The molecule has 0 amide bonds. The average molecular weight is 510 g/mol. The Bertz CT molecular complexity index is 2150. The highest BCUT2D eigenvalue weighted by molar-refractivity contribution is 6.13. The quantitative estimate of drug-likeness (QED) is 0.217. The van der Waals surface area contributed by atoms with E-state index in [0.717, 1.165) is 33.4 Å². The molecular formula is C38H23NO. The third-order valence-electron chi connectivity index (χ3n) is 8.74. The standard InChI is InChI=1S/C38H23NO/c1-2-12-26(13-3-1)38-31-17-6-4-14-28(31)30-21-25(22-35(37(30)38)40-34-20-9-7-18-32(34)38)27-16-10-11-24-23-39-33-19-8-5-15-29(33)36(24)27/h1-23H. The molecule has 0 radical (unpaired) electrons. The van der Waals surface area contributed by atoms with E-state index in [-0.39, 0.29) is 0 Å². The number of hydrogen-bond acceptors (Lipinski definition) is 2. The van der Waals surface area contributed by atoms with Crippen molar-refractivity contribution < 1.29 is 4.74 Å². The van der Waals surface area contributed by atoms with Gasteiger partial charge in [-0.3, -0.25) is 4.98 Å². The molecule has 1 atom stereocenters. The average Bonchev–Trinajstić information content (AvgIpc) is 3.33. The van der Waals surface area contributed by atoms with E-state index in [1.165, 1.54) is 44.3 Å². The van der Waals surface area contributed by atoms with Gasteiger partial charge in [0.25, 0.3) is 0 Å². The van der Waals surface area contributed by atoms with Crippen LogP contribution in [0.1, 0.15) is 22.3 Å². The molecule has 186 valence electrons. The Balaban J connectivity index is 1.43. The van der Waals surface area contributed by atoms with Crippen LogP contribution in [0.4, 0.5) is 0 Å². The molecule has 0 bridgehead atoms. The molecule has 0 spiro atoms. The van der Waals surface area contributed by atoms with Gasteiger partial charge >= 0.3 is 0 Å². The molecule has 2 heterocycles. The van der Waals surface area contributed by atoms with E-state index in [9.17, 15) is 0 Å². The summed E-state index contributed by atoms with van der Waals surface area (Å²) < 4.78 is 6.80. The lowest BCUT2D eigenvalue weighted by Gasteiger charge is -2.39. The predicted octanol–water partition coefficient (Wildman–Crippen LogP) is 9.52. The van der Waals surface area contributed by atoms with E-state index in [2.05, 4.69) is 133 Å². The maximum Gasteiger partial charge on any atom is 0.133 e. The number of nitrogens with zero attached hydrogens (tertiary/aromatic N) is 1. The molecule has 7 aromatic rings. The van der Waals surface area contributed by atoms with Gasteiger partial charge in [-0.15, -0.1) is 0 Å². The third-order valence-corrected chi connectivity index (χ3v) is 8.74. The Morgan fingerprint density at radius 2 is 1.30 bits per heavy atom. The Hall–Kier alpha value is -5.21. The normalized spacial score (nSPS) is 16.3. The fourth-order valence-electron chi connectivity index (χ4n) is 7.19. The van der Waals surface area contributed by atoms with Gasteiger partial charge in [0, 0.05) is 33.5 Å². The summed E-state index contributed by atoms with van der Waals surface area (Å²) in [5.74, 6) is 1.83. The number of para-hydroxylation sites is 2. The first kappa shape index (κ1) is 21.7. The van der Waals surface area contributed by atoms with Crippen molar-refractivity contribution in [1.29, 1.82) is 0 Å². The first-order chi connectivity index (χ1) is 19.8. The van der Waals surface area contributed by atoms with Gasteiger partial charge in [-0.05, 0) is 57.6 Å². The number of hydrogen-bond donors (Lipinski definition) is 0. The molecule has 2 aliphatic rings. The molecule has 1 aliphatic heterocycles. The van der Waals surface area contributed by atoms with Gasteiger partial charge in [0.2, 0.25) is 0 Å². The number of benzene rings is 6. The molecule has 0 saturated heterocycles. The van der Waals surface area contributed by atoms with E-state index >= 15 is 0 Å². The minimum absolute atomic E-state index is 0.439. The SMILES string of the molecule is c1ccc(C23c4ccccc4Oc4cc(-c5cccc6cnc7ccccc7c56)cc(c42)-c2ccccc23)cc1. The lowest BCUT2D eigenvalue weighted by Crippen LogP contribution is -2.31. The Morgan fingerprint density at radius 1 is 0.550 bits per heavy atom. The molecule has 9 rings (SSSR count). The monoisotopic (exact) mass is 509 g/mol. The molecule has 2 nitrogen and oxygen atoms in total. The molecular weight excluding hydrogens is 486 g/mol. The molecule has 2 heteroatoms. The summed E-state index contributed by atoms with van der Waals surface area (Å²) in [5.41, 5.74) is 10.4. The third kappa shape index (κ3) is 2.70. The molecule has 0 saturated carbocycles. The van der Waals surface area contributed by atoms with Crippen LogP contribution in [0, 0.1) is 0 Å². The van der Waals surface area contributed by atoms with E-state index in [1.807, 2.05) is 6.20 Å². The van der Waals surface area contributed by atoms with Gasteiger partial charge < -0.3 is 4.74 Å². The second kappa shape index (κ2) is 7.91. The topological polar surface area (TPSA) is 22.1 Å². The van der Waals surface area contributed by atoms with Crippen molar-refractivity contribution in [3.8, 4) is 33.8 Å². The maximum atomic E-state index is 6.80. The highest BCUT2D eigenvalue weighted by atomic mass is 16.5. The highest BCUT2D eigenvalue weighted by Crippen LogP contribution is 2.64. The molecule has 0 N–H and O–H groups in total. The number of fused-ring (bicyclic) bond motifs is 8. The van der Waals surface area contributed by atoms with Crippen molar-refractivity contribution in [2.24, 2.45) is 0 Å². The van der Waals surface area contributed by atoms with E-state index in [4.69, 9.17) is 9.72 Å². The lowest BCUT2D eigenvalue weighted by atomic mass is 9.66. The van der Waals surface area contributed by atoms with Crippen molar-refractivity contribution in [3.63, 3.8) is 0 Å². The van der Waals surface area contributed by atoms with Crippen molar-refractivity contribution in [1.82, 2.24) is 4.98 Å². The largest absolute Gasteiger partial charge is 0.457 e. The Kier molecular flexibility index (Phi) is 4.29. The van der Waals surface area contributed by atoms with Crippen molar-refractivity contribution in [2.75, 3.05) is 0 Å². The summed E-state index contributed by atoms with van der Waals surface area (Å²) in [7, 11) is 0. The predicted molar refractivity (Wildman–Crippen MR) is 162 cm³/mol. The van der Waals surface area contributed by atoms with Crippen LogP contribution in [0.15, 0.2) is 140 Å². The number of rotatable bonds is 2. The summed E-state index contributed by atoms with van der Waals surface area (Å²) in [4.78, 5) is 4.73. The van der Waals surface area contributed by atoms with E-state index in [0.29, 0.717) is 0 Å². The van der Waals surface area contributed by atoms with Crippen LogP contribution >= 0.6 is 0 Å². The number of pyridine rings is 1. The summed E-state index contributed by atoms with van der Waals surface area (Å²) in [6.07, 6.45) is 1.99. The number of ether oxygens (including phenoxy) is 1. The second-order valence-electron chi connectivity index (χ2n) is 10.7. The Morgan fingerprint density at radius 3 is 2.23 bits per heavy atom. The van der Waals surface area contributed by atoms with Crippen LogP contribution in [0.25, 0.3) is 43.9 Å². The maximum absolute atomic E-state index is 6.80. The van der Waals surface area contributed by atoms with Gasteiger partial charge in [0.05, 0.1) is 10.9 Å². The number of aromatic nitrogens is 1. The van der Waals surface area contributed by atoms with Crippen LogP contribution in [0.3, 0.4) is 0 Å². The lowest BCUT2D eigenvalue weighted by molar-refractivity contribution is 0.438. The molecule has 0 fully saturated rings. The Labute approximate surface area is 232 Å². The van der Waals surface area contributed by atoms with Crippen LogP contribution in [-0.4, -0.2) is 4.98 Å². The summed E-state index contributed by atoms with van der Waals surface area (Å²) in [6, 6.07) is 47.9. The fourth-order valence-corrected chi connectivity index (χ4v) is 7.19. The molecule has 1 aliphatic carbocycles. The molecule has 1 aromatic heterocycles. The van der Waals surface area contributed by atoms with Crippen LogP contribution in [0.5, 0.6) is 11.5 Å². The first-order valence-corrected chi connectivity index (χ1v) is 13.7. The van der Waals surface area contributed by atoms with Crippen molar-refractivity contribution in [2.45, 2.75) is 5.41 Å². The van der Waals surface area contributed by atoms with Crippen molar-refractivity contribution in [3.05, 3.63) is 162 Å². The van der Waals surface area contributed by atoms with Gasteiger partial charge in [-0.1, -0.05) is 109 Å². The molecule has 1 unspecified atom stereocenters. The van der Waals surface area contributed by atoms with Crippen LogP contribution in [-0.2, 0) is 5.41 Å². The minimum Gasteiger partial charge on any atom is -0.457 e. The first-order valence-electron chi connectivity index (χ1n) is 13.7.